The molecule has 6 heteroatoms. The lowest BCUT2D eigenvalue weighted by molar-refractivity contribution is -0.114. The molecule has 1 aliphatic heterocycles. The Morgan fingerprint density at radius 3 is 2.48 bits per heavy atom. The Morgan fingerprint density at radius 2 is 1.83 bits per heavy atom. The summed E-state index contributed by atoms with van der Waals surface area (Å²) >= 11 is 0. The standard InChI is InChI=1S/C23H24N4O2/c1-4-27(5-2)23-25-19-15-8-6-7-9-16(15)21(28)18(20(19)26-23)17-12-14(22(24)29)11-10-13(17)3/h6-13,17H,4-5H2,1-3H3,(H2,24,29). The molecule has 0 bridgehead atoms. The fourth-order valence-corrected chi connectivity index (χ4v) is 4.09. The van der Waals surface area contributed by atoms with Gasteiger partial charge < -0.3 is 10.6 Å². The minimum Gasteiger partial charge on any atom is -0.366 e. The van der Waals surface area contributed by atoms with Gasteiger partial charge in [0, 0.05) is 41.3 Å². The van der Waals surface area contributed by atoms with Gasteiger partial charge in [0.15, 0.2) is 5.78 Å². The quantitative estimate of drug-likeness (QED) is 0.860. The van der Waals surface area contributed by atoms with Gasteiger partial charge in [-0.25, -0.2) is 9.98 Å². The van der Waals surface area contributed by atoms with Crippen molar-refractivity contribution < 1.29 is 9.59 Å². The van der Waals surface area contributed by atoms with Crippen LogP contribution < -0.4 is 5.73 Å². The van der Waals surface area contributed by atoms with Crippen molar-refractivity contribution in [3.05, 3.63) is 70.5 Å². The van der Waals surface area contributed by atoms with Crippen LogP contribution >= 0.6 is 0 Å². The molecule has 0 aromatic heterocycles. The summed E-state index contributed by atoms with van der Waals surface area (Å²) in [5.41, 5.74) is 9.27. The molecule has 6 nitrogen and oxygen atoms in total. The van der Waals surface area contributed by atoms with E-state index in [9.17, 15) is 9.59 Å². The summed E-state index contributed by atoms with van der Waals surface area (Å²) in [7, 11) is 0. The van der Waals surface area contributed by atoms with Crippen molar-refractivity contribution in [3.8, 4) is 0 Å². The fourth-order valence-electron chi connectivity index (χ4n) is 4.09. The number of aliphatic imine (C=N–C) groups is 2. The van der Waals surface area contributed by atoms with Crippen LogP contribution in [0.4, 0.5) is 0 Å². The number of hydrogen-bond acceptors (Lipinski definition) is 5. The van der Waals surface area contributed by atoms with Gasteiger partial charge >= 0.3 is 0 Å². The lowest BCUT2D eigenvalue weighted by Crippen LogP contribution is -2.29. The van der Waals surface area contributed by atoms with E-state index < -0.39 is 5.91 Å². The van der Waals surface area contributed by atoms with Crippen LogP contribution in [0.25, 0.3) is 0 Å². The van der Waals surface area contributed by atoms with Gasteiger partial charge in [0.25, 0.3) is 0 Å². The summed E-state index contributed by atoms with van der Waals surface area (Å²) < 4.78 is 0. The van der Waals surface area contributed by atoms with Gasteiger partial charge in [0.2, 0.25) is 11.9 Å². The molecule has 29 heavy (non-hydrogen) atoms. The van der Waals surface area contributed by atoms with Crippen molar-refractivity contribution in [2.45, 2.75) is 20.8 Å². The minimum absolute atomic E-state index is 0.0313. The summed E-state index contributed by atoms with van der Waals surface area (Å²) in [5.74, 6) is -0.196. The minimum atomic E-state index is -0.500. The average Bonchev–Trinajstić information content (AvgIpc) is 3.15. The normalized spacial score (nSPS) is 22.6. The Bertz CT molecular complexity index is 1050. The number of amides is 1. The number of nitrogens with two attached hydrogens (primary N) is 1. The number of hydrogen-bond donors (Lipinski definition) is 1. The van der Waals surface area contributed by atoms with Crippen LogP contribution in [-0.4, -0.2) is 41.4 Å². The van der Waals surface area contributed by atoms with E-state index in [0.717, 1.165) is 24.4 Å². The van der Waals surface area contributed by atoms with Gasteiger partial charge in [0.1, 0.15) is 11.4 Å². The molecule has 0 saturated carbocycles. The first-order chi connectivity index (χ1) is 14.0. The molecule has 1 aromatic carbocycles. The number of carbonyl (C=O) groups is 2. The van der Waals surface area contributed by atoms with E-state index in [1.165, 1.54) is 0 Å². The molecule has 2 unspecified atom stereocenters. The third-order valence-electron chi connectivity index (χ3n) is 5.74. The number of ketones is 1. The van der Waals surface area contributed by atoms with Crippen LogP contribution in [0.2, 0.25) is 0 Å². The van der Waals surface area contributed by atoms with Gasteiger partial charge in [-0.3, -0.25) is 9.59 Å². The number of guanidine groups is 1. The summed E-state index contributed by atoms with van der Waals surface area (Å²) in [6.07, 6.45) is 5.45. The molecular formula is C23H24N4O2. The summed E-state index contributed by atoms with van der Waals surface area (Å²) in [5, 5.41) is 0. The molecule has 3 aliphatic rings. The van der Waals surface area contributed by atoms with Crippen LogP contribution in [0.15, 0.2) is 69.3 Å². The van der Waals surface area contributed by atoms with Crippen molar-refractivity contribution in [3.63, 3.8) is 0 Å². The summed E-state index contributed by atoms with van der Waals surface area (Å²) in [6, 6.07) is 7.51. The first-order valence-corrected chi connectivity index (χ1v) is 9.97. The SMILES string of the molecule is CCN(CC)C1=NC2=C(C3C=C(C(N)=O)C=CC3C)C(=O)c3ccccc3C2=N1. The molecule has 0 fully saturated rings. The molecular weight excluding hydrogens is 364 g/mol. The molecule has 0 saturated heterocycles. The van der Waals surface area contributed by atoms with Crippen molar-refractivity contribution in [1.82, 2.24) is 4.90 Å². The highest BCUT2D eigenvalue weighted by molar-refractivity contribution is 6.32. The van der Waals surface area contributed by atoms with Crippen molar-refractivity contribution in [2.24, 2.45) is 27.6 Å². The Morgan fingerprint density at radius 1 is 1.14 bits per heavy atom. The van der Waals surface area contributed by atoms with Gasteiger partial charge in [-0.1, -0.05) is 49.4 Å². The number of Topliss-reactive ketones (excluding diaryl/α,β-unsaturated/α-hetero) is 1. The van der Waals surface area contributed by atoms with Crippen LogP contribution in [0, 0.1) is 11.8 Å². The largest absolute Gasteiger partial charge is 0.366 e. The molecule has 1 aromatic rings. The van der Waals surface area contributed by atoms with Crippen LogP contribution in [0.3, 0.4) is 0 Å². The Hall–Kier alpha value is -3.28. The molecule has 1 heterocycles. The number of fused-ring (bicyclic) bond motifs is 3. The predicted octanol–water partition coefficient (Wildman–Crippen LogP) is 2.87. The van der Waals surface area contributed by atoms with Crippen LogP contribution in [-0.2, 0) is 4.79 Å². The summed E-state index contributed by atoms with van der Waals surface area (Å²) in [6.45, 7) is 7.69. The van der Waals surface area contributed by atoms with Gasteiger partial charge in [-0.15, -0.1) is 0 Å². The van der Waals surface area contributed by atoms with Crippen molar-refractivity contribution in [2.75, 3.05) is 13.1 Å². The second kappa shape index (κ2) is 7.28. The lowest BCUT2D eigenvalue weighted by Gasteiger charge is -2.28. The Kier molecular flexibility index (Phi) is 4.78. The molecule has 2 N–H and O–H groups in total. The molecule has 2 aliphatic carbocycles. The smallest absolute Gasteiger partial charge is 0.248 e. The third kappa shape index (κ3) is 3.05. The highest BCUT2D eigenvalue weighted by Gasteiger charge is 2.39. The average molecular weight is 388 g/mol. The first-order valence-electron chi connectivity index (χ1n) is 9.97. The summed E-state index contributed by atoms with van der Waals surface area (Å²) in [4.78, 5) is 37.0. The van der Waals surface area contributed by atoms with Crippen molar-refractivity contribution in [1.29, 1.82) is 0 Å². The van der Waals surface area contributed by atoms with Crippen LogP contribution in [0.5, 0.6) is 0 Å². The predicted molar refractivity (Wildman–Crippen MR) is 114 cm³/mol. The number of nitrogens with zero attached hydrogens (tertiary/aromatic N) is 3. The maximum Gasteiger partial charge on any atom is 0.248 e. The van der Waals surface area contributed by atoms with E-state index in [2.05, 4.69) is 18.7 Å². The van der Waals surface area contributed by atoms with Crippen LogP contribution in [0.1, 0.15) is 36.7 Å². The van der Waals surface area contributed by atoms with E-state index in [0.29, 0.717) is 28.4 Å². The second-order valence-corrected chi connectivity index (χ2v) is 7.41. The topological polar surface area (TPSA) is 88.1 Å². The lowest BCUT2D eigenvalue weighted by atomic mass is 9.74. The van der Waals surface area contributed by atoms with E-state index in [4.69, 9.17) is 15.7 Å². The zero-order chi connectivity index (χ0) is 20.7. The van der Waals surface area contributed by atoms with Crippen molar-refractivity contribution >= 4 is 23.4 Å². The highest BCUT2D eigenvalue weighted by Crippen LogP contribution is 2.39. The number of benzene rings is 1. The number of allylic oxidation sites excluding steroid dienone is 4. The van der Waals surface area contributed by atoms with E-state index >= 15 is 0 Å². The maximum absolute atomic E-state index is 13.5. The molecule has 148 valence electrons. The van der Waals surface area contributed by atoms with E-state index in [1.54, 1.807) is 12.2 Å². The fraction of sp³-hybridized carbons (Fsp3) is 0.304. The zero-order valence-electron chi connectivity index (χ0n) is 16.8. The third-order valence-corrected chi connectivity index (χ3v) is 5.74. The molecule has 1 amide bonds. The van der Waals surface area contributed by atoms with E-state index in [-0.39, 0.29) is 17.6 Å². The Labute approximate surface area is 170 Å². The molecule has 0 radical (unpaired) electrons. The number of primary amides is 1. The second-order valence-electron chi connectivity index (χ2n) is 7.41. The zero-order valence-corrected chi connectivity index (χ0v) is 16.8. The van der Waals surface area contributed by atoms with Gasteiger partial charge in [0.05, 0.1) is 0 Å². The van der Waals surface area contributed by atoms with Gasteiger partial charge in [-0.05, 0) is 19.8 Å². The Balaban J connectivity index is 1.93. The highest BCUT2D eigenvalue weighted by atomic mass is 16.1. The monoisotopic (exact) mass is 388 g/mol. The first kappa shape index (κ1) is 19.1. The maximum atomic E-state index is 13.5. The molecule has 0 spiro atoms. The molecule has 2 atom stereocenters. The van der Waals surface area contributed by atoms with Gasteiger partial charge in [-0.2, -0.15) is 0 Å². The van der Waals surface area contributed by atoms with E-state index in [1.807, 2.05) is 37.3 Å². The number of rotatable bonds is 4. The number of carbonyl (C=O) groups excluding carboxylic acids is 2. The molecule has 4 rings (SSSR count).